The fraction of sp³-hybridized carbons (Fsp3) is 0.500. The van der Waals surface area contributed by atoms with Crippen molar-refractivity contribution >= 4 is 21.6 Å². The van der Waals surface area contributed by atoms with E-state index >= 15 is 0 Å². The van der Waals surface area contributed by atoms with Gasteiger partial charge in [-0.15, -0.1) is 0 Å². The highest BCUT2D eigenvalue weighted by Crippen LogP contribution is 2.35. The Kier molecular flexibility index (Phi) is 5.65. The maximum Gasteiger partial charge on any atom is 0.417 e. The molecule has 1 unspecified atom stereocenters. The van der Waals surface area contributed by atoms with Gasteiger partial charge >= 0.3 is 6.18 Å². The van der Waals surface area contributed by atoms with Gasteiger partial charge in [-0.05, 0) is 24.1 Å². The van der Waals surface area contributed by atoms with Gasteiger partial charge in [0.05, 0.1) is 21.6 Å². The Morgan fingerprint density at radius 3 is 2.38 bits per heavy atom. The number of sulfonamides is 1. The van der Waals surface area contributed by atoms with Crippen LogP contribution in [0.25, 0.3) is 0 Å². The van der Waals surface area contributed by atoms with Crippen LogP contribution in [-0.4, -0.2) is 26.2 Å². The van der Waals surface area contributed by atoms with Crippen molar-refractivity contribution in [3.63, 3.8) is 0 Å². The minimum Gasteiger partial charge on any atom is -0.391 e. The number of benzene rings is 1. The van der Waals surface area contributed by atoms with Crippen molar-refractivity contribution in [2.45, 2.75) is 31.0 Å². The van der Waals surface area contributed by atoms with E-state index in [0.717, 1.165) is 12.1 Å². The van der Waals surface area contributed by atoms with E-state index in [2.05, 4.69) is 4.72 Å². The highest BCUT2D eigenvalue weighted by Gasteiger charge is 2.34. The van der Waals surface area contributed by atoms with Crippen LogP contribution in [0, 0.1) is 5.92 Å². The van der Waals surface area contributed by atoms with E-state index in [-0.39, 0.29) is 12.5 Å². The lowest BCUT2D eigenvalue weighted by molar-refractivity contribution is -0.137. The molecule has 0 fully saturated rings. The molecule has 1 rings (SSSR count). The highest BCUT2D eigenvalue weighted by atomic mass is 35.5. The quantitative estimate of drug-likeness (QED) is 0.862. The van der Waals surface area contributed by atoms with Crippen LogP contribution in [0.1, 0.15) is 19.4 Å². The average molecular weight is 346 g/mol. The molecule has 9 heteroatoms. The van der Waals surface area contributed by atoms with Crippen LogP contribution in [0.5, 0.6) is 0 Å². The first kappa shape index (κ1) is 18.2. The van der Waals surface area contributed by atoms with E-state index < -0.39 is 37.8 Å². The van der Waals surface area contributed by atoms with Gasteiger partial charge in [-0.2, -0.15) is 13.2 Å². The minimum atomic E-state index is -4.75. The van der Waals surface area contributed by atoms with E-state index in [9.17, 15) is 26.7 Å². The summed E-state index contributed by atoms with van der Waals surface area (Å²) in [6.45, 7) is 3.08. The summed E-state index contributed by atoms with van der Waals surface area (Å²) < 4.78 is 64.0. The van der Waals surface area contributed by atoms with Crippen LogP contribution in [0.3, 0.4) is 0 Å². The molecule has 0 radical (unpaired) electrons. The Labute approximate surface area is 126 Å². The maximum atomic E-state index is 12.7. The van der Waals surface area contributed by atoms with Gasteiger partial charge in [0.1, 0.15) is 0 Å². The van der Waals surface area contributed by atoms with Crippen molar-refractivity contribution in [3.8, 4) is 0 Å². The predicted molar refractivity (Wildman–Crippen MR) is 72.5 cm³/mol. The summed E-state index contributed by atoms with van der Waals surface area (Å²) in [7, 11) is -4.16. The number of aliphatic hydroxyl groups is 1. The van der Waals surface area contributed by atoms with Crippen molar-refractivity contribution < 1.29 is 26.7 Å². The molecular formula is C12H15ClF3NO3S. The normalized spacial score (nSPS) is 14.5. The molecule has 0 aliphatic rings. The summed E-state index contributed by atoms with van der Waals surface area (Å²) in [6.07, 6.45) is -5.69. The van der Waals surface area contributed by atoms with Crippen molar-refractivity contribution in [2.75, 3.05) is 6.54 Å². The number of halogens is 4. The smallest absolute Gasteiger partial charge is 0.391 e. The lowest BCUT2D eigenvalue weighted by atomic mass is 10.1. The number of hydrogen-bond donors (Lipinski definition) is 2. The minimum absolute atomic E-state index is 0.191. The molecule has 0 saturated carbocycles. The molecule has 0 aromatic heterocycles. The molecule has 0 saturated heterocycles. The summed E-state index contributed by atoms with van der Waals surface area (Å²) in [5.41, 5.74) is -1.23. The number of alkyl halides is 3. The molecule has 0 spiro atoms. The monoisotopic (exact) mass is 345 g/mol. The maximum absolute atomic E-state index is 12.7. The van der Waals surface area contributed by atoms with Crippen LogP contribution in [0.2, 0.25) is 5.02 Å². The number of nitrogens with one attached hydrogen (secondary N) is 1. The number of hydrogen-bond acceptors (Lipinski definition) is 3. The van der Waals surface area contributed by atoms with Crippen LogP contribution >= 0.6 is 11.6 Å². The summed E-state index contributed by atoms with van der Waals surface area (Å²) in [5.74, 6) is -0.191. The Morgan fingerprint density at radius 2 is 1.90 bits per heavy atom. The Balaban J connectivity index is 3.05. The molecule has 0 bridgehead atoms. The van der Waals surface area contributed by atoms with Gasteiger partial charge in [0.2, 0.25) is 10.0 Å². The third kappa shape index (κ3) is 4.84. The Morgan fingerprint density at radius 1 is 1.33 bits per heavy atom. The second-order valence-corrected chi connectivity index (χ2v) is 6.98. The van der Waals surface area contributed by atoms with E-state index in [1.165, 1.54) is 0 Å². The molecule has 0 aliphatic carbocycles. The fourth-order valence-electron chi connectivity index (χ4n) is 1.40. The second kappa shape index (κ2) is 6.51. The number of aliphatic hydroxyl groups excluding tert-OH is 1. The van der Waals surface area contributed by atoms with E-state index in [1.54, 1.807) is 13.8 Å². The van der Waals surface area contributed by atoms with E-state index in [4.69, 9.17) is 11.6 Å². The predicted octanol–water partition coefficient (Wildman–Crippen LogP) is 2.65. The van der Waals surface area contributed by atoms with Crippen molar-refractivity contribution in [2.24, 2.45) is 5.92 Å². The molecule has 1 aromatic rings. The Bertz CT molecular complexity index is 602. The van der Waals surface area contributed by atoms with Crippen LogP contribution in [0.15, 0.2) is 23.1 Å². The second-order valence-electron chi connectivity index (χ2n) is 4.80. The van der Waals surface area contributed by atoms with Gasteiger partial charge in [-0.3, -0.25) is 0 Å². The van der Waals surface area contributed by atoms with Gasteiger partial charge in [-0.1, -0.05) is 25.4 Å². The van der Waals surface area contributed by atoms with Gasteiger partial charge in [0.25, 0.3) is 0 Å². The zero-order valence-electron chi connectivity index (χ0n) is 11.3. The standard InChI is InChI=1S/C12H15ClF3NO3S/c1-7(2)11(18)6-17-21(19,20)8-3-4-10(13)9(5-8)12(14,15)16/h3-5,7,11,17-18H,6H2,1-2H3. The third-order valence-corrected chi connectivity index (χ3v) is 4.56. The lowest BCUT2D eigenvalue weighted by Gasteiger charge is -2.16. The van der Waals surface area contributed by atoms with E-state index in [0.29, 0.717) is 6.07 Å². The van der Waals surface area contributed by atoms with Crippen molar-refractivity contribution in [1.82, 2.24) is 4.72 Å². The van der Waals surface area contributed by atoms with Gasteiger partial charge in [-0.25, -0.2) is 13.1 Å². The summed E-state index contributed by atoms with van der Waals surface area (Å²) in [6, 6.07) is 2.31. The molecule has 0 aliphatic heterocycles. The zero-order chi connectivity index (χ0) is 16.4. The Hall–Kier alpha value is -0.830. The highest BCUT2D eigenvalue weighted by molar-refractivity contribution is 7.89. The topological polar surface area (TPSA) is 66.4 Å². The van der Waals surface area contributed by atoms with E-state index in [1.807, 2.05) is 0 Å². The van der Waals surface area contributed by atoms with Gasteiger partial charge in [0.15, 0.2) is 0 Å². The molecule has 0 amide bonds. The fourth-order valence-corrected chi connectivity index (χ4v) is 2.70. The first-order valence-corrected chi connectivity index (χ1v) is 7.85. The molecule has 21 heavy (non-hydrogen) atoms. The molecule has 4 nitrogen and oxygen atoms in total. The average Bonchev–Trinajstić information content (AvgIpc) is 2.34. The molecule has 0 heterocycles. The largest absolute Gasteiger partial charge is 0.417 e. The lowest BCUT2D eigenvalue weighted by Crippen LogP contribution is -2.34. The third-order valence-electron chi connectivity index (χ3n) is 2.81. The van der Waals surface area contributed by atoms with Crippen molar-refractivity contribution in [1.29, 1.82) is 0 Å². The summed E-state index contributed by atoms with van der Waals surface area (Å²) >= 11 is 5.42. The first-order valence-electron chi connectivity index (χ1n) is 5.99. The first-order chi connectivity index (χ1) is 9.45. The van der Waals surface area contributed by atoms with Gasteiger partial charge < -0.3 is 5.11 Å². The summed E-state index contributed by atoms with van der Waals surface area (Å²) in [5, 5.41) is 8.96. The molecule has 2 N–H and O–H groups in total. The molecular weight excluding hydrogens is 331 g/mol. The zero-order valence-corrected chi connectivity index (χ0v) is 12.9. The van der Waals surface area contributed by atoms with Crippen LogP contribution in [0.4, 0.5) is 13.2 Å². The molecule has 1 atom stereocenters. The molecule has 120 valence electrons. The SMILES string of the molecule is CC(C)C(O)CNS(=O)(=O)c1ccc(Cl)c(C(F)(F)F)c1. The molecule has 1 aromatic carbocycles. The van der Waals surface area contributed by atoms with Crippen LogP contribution in [-0.2, 0) is 16.2 Å². The van der Waals surface area contributed by atoms with Gasteiger partial charge in [0, 0.05) is 6.54 Å². The van der Waals surface area contributed by atoms with Crippen LogP contribution < -0.4 is 4.72 Å². The number of rotatable bonds is 5. The summed E-state index contributed by atoms with van der Waals surface area (Å²) in [4.78, 5) is -0.560. The van der Waals surface area contributed by atoms with Crippen molar-refractivity contribution in [3.05, 3.63) is 28.8 Å².